The second kappa shape index (κ2) is 5.60. The van der Waals surface area contributed by atoms with Gasteiger partial charge in [0.15, 0.2) is 0 Å². The summed E-state index contributed by atoms with van der Waals surface area (Å²) in [5.74, 6) is -1.17. The zero-order chi connectivity index (χ0) is 15.7. The summed E-state index contributed by atoms with van der Waals surface area (Å²) >= 11 is 0. The van der Waals surface area contributed by atoms with Crippen LogP contribution in [0.2, 0.25) is 0 Å². The van der Waals surface area contributed by atoms with Crippen molar-refractivity contribution in [2.45, 2.75) is 19.4 Å². The molecule has 1 unspecified atom stereocenters. The highest BCUT2D eigenvalue weighted by atomic mass is 19.1. The van der Waals surface area contributed by atoms with Gasteiger partial charge < -0.3 is 5.32 Å². The third-order valence-corrected chi connectivity index (χ3v) is 3.69. The van der Waals surface area contributed by atoms with Crippen LogP contribution in [0.3, 0.4) is 0 Å². The molecule has 2 aromatic rings. The fraction of sp³-hybridized carbons (Fsp3) is 0.176. The van der Waals surface area contributed by atoms with Gasteiger partial charge in [0.05, 0.1) is 12.1 Å². The maximum atomic E-state index is 13.3. The number of amides is 2. The molecule has 1 heterocycles. The largest absolute Gasteiger partial charge is 0.373 e. The third-order valence-electron chi connectivity index (χ3n) is 3.69. The first kappa shape index (κ1) is 14.3. The van der Waals surface area contributed by atoms with E-state index in [1.165, 1.54) is 18.2 Å². The van der Waals surface area contributed by atoms with Crippen LogP contribution in [0.15, 0.2) is 48.5 Å². The van der Waals surface area contributed by atoms with Crippen LogP contribution in [0.4, 0.5) is 15.8 Å². The van der Waals surface area contributed by atoms with Crippen LogP contribution in [0.5, 0.6) is 0 Å². The van der Waals surface area contributed by atoms with Gasteiger partial charge >= 0.3 is 0 Å². The van der Waals surface area contributed by atoms with E-state index in [-0.39, 0.29) is 23.9 Å². The summed E-state index contributed by atoms with van der Waals surface area (Å²) < 4.78 is 13.3. The molecule has 5 heteroatoms. The molecule has 112 valence electrons. The van der Waals surface area contributed by atoms with Crippen molar-refractivity contribution in [3.63, 3.8) is 0 Å². The van der Waals surface area contributed by atoms with Crippen LogP contribution in [0, 0.1) is 12.7 Å². The van der Waals surface area contributed by atoms with Crippen molar-refractivity contribution >= 4 is 23.2 Å². The van der Waals surface area contributed by atoms with Crippen molar-refractivity contribution < 1.29 is 14.0 Å². The number of rotatable bonds is 3. The van der Waals surface area contributed by atoms with Crippen molar-refractivity contribution in [2.24, 2.45) is 0 Å². The lowest BCUT2D eigenvalue weighted by Gasteiger charge is -2.17. The number of nitrogens with zero attached hydrogens (tertiary/aromatic N) is 1. The van der Waals surface area contributed by atoms with Gasteiger partial charge in [-0.2, -0.15) is 0 Å². The first-order valence-corrected chi connectivity index (χ1v) is 7.01. The van der Waals surface area contributed by atoms with E-state index >= 15 is 0 Å². The minimum Gasteiger partial charge on any atom is -0.373 e. The third kappa shape index (κ3) is 2.57. The van der Waals surface area contributed by atoms with E-state index in [0.717, 1.165) is 16.2 Å². The molecule has 1 fully saturated rings. The highest BCUT2D eigenvalue weighted by Gasteiger charge is 2.39. The molecule has 0 aromatic heterocycles. The molecule has 0 bridgehead atoms. The normalized spacial score (nSPS) is 17.9. The number of anilines is 2. The molecule has 2 aromatic carbocycles. The standard InChI is InChI=1S/C17H15FN2O2/c1-11-5-2-3-8-14(11)19-15-10-16(21)20(17(15)22)13-7-4-6-12(18)9-13/h2-9,15,19H,10H2,1H3. The molecular weight excluding hydrogens is 283 g/mol. The molecule has 22 heavy (non-hydrogen) atoms. The molecule has 2 amide bonds. The molecule has 1 saturated heterocycles. The summed E-state index contributed by atoms with van der Waals surface area (Å²) in [6, 6.07) is 12.4. The van der Waals surface area contributed by atoms with Gasteiger partial charge in [0, 0.05) is 5.69 Å². The van der Waals surface area contributed by atoms with E-state index in [1.54, 1.807) is 6.07 Å². The van der Waals surface area contributed by atoms with Gasteiger partial charge in [-0.3, -0.25) is 9.59 Å². The van der Waals surface area contributed by atoms with Crippen LogP contribution >= 0.6 is 0 Å². The summed E-state index contributed by atoms with van der Waals surface area (Å²) in [5.41, 5.74) is 2.07. The summed E-state index contributed by atoms with van der Waals surface area (Å²) in [5, 5.41) is 3.10. The molecule has 0 saturated carbocycles. The van der Waals surface area contributed by atoms with Gasteiger partial charge in [0.1, 0.15) is 11.9 Å². The first-order chi connectivity index (χ1) is 10.6. The second-order valence-electron chi connectivity index (χ2n) is 5.26. The number of benzene rings is 2. The average molecular weight is 298 g/mol. The molecule has 4 nitrogen and oxygen atoms in total. The number of imide groups is 1. The Bertz CT molecular complexity index is 745. The average Bonchev–Trinajstić information content (AvgIpc) is 2.76. The fourth-order valence-corrected chi connectivity index (χ4v) is 2.55. The number of nitrogens with one attached hydrogen (secondary N) is 1. The fourth-order valence-electron chi connectivity index (χ4n) is 2.55. The van der Waals surface area contributed by atoms with Crippen LogP contribution < -0.4 is 10.2 Å². The van der Waals surface area contributed by atoms with Crippen LogP contribution in [-0.2, 0) is 9.59 Å². The maximum Gasteiger partial charge on any atom is 0.256 e. The van der Waals surface area contributed by atoms with Crippen LogP contribution in [0.1, 0.15) is 12.0 Å². The molecule has 0 radical (unpaired) electrons. The Hall–Kier alpha value is -2.69. The van der Waals surface area contributed by atoms with Gasteiger partial charge in [-0.1, -0.05) is 24.3 Å². The number of halogens is 1. The van der Waals surface area contributed by atoms with Crippen molar-refractivity contribution in [2.75, 3.05) is 10.2 Å². The van der Waals surface area contributed by atoms with Gasteiger partial charge in [-0.25, -0.2) is 9.29 Å². The highest BCUT2D eigenvalue weighted by Crippen LogP contribution is 2.26. The minimum absolute atomic E-state index is 0.0592. The van der Waals surface area contributed by atoms with E-state index < -0.39 is 11.9 Å². The summed E-state index contributed by atoms with van der Waals surface area (Å²) in [7, 11) is 0. The molecule has 1 N–H and O–H groups in total. The smallest absolute Gasteiger partial charge is 0.256 e. The first-order valence-electron chi connectivity index (χ1n) is 7.01. The van der Waals surface area contributed by atoms with Gasteiger partial charge in [-0.05, 0) is 36.8 Å². The van der Waals surface area contributed by atoms with Crippen molar-refractivity contribution in [3.8, 4) is 0 Å². The van der Waals surface area contributed by atoms with E-state index in [2.05, 4.69) is 5.32 Å². The number of hydrogen-bond acceptors (Lipinski definition) is 3. The minimum atomic E-state index is -0.628. The Morgan fingerprint density at radius 3 is 2.64 bits per heavy atom. The Morgan fingerprint density at radius 2 is 1.91 bits per heavy atom. The predicted octanol–water partition coefficient (Wildman–Crippen LogP) is 2.88. The monoisotopic (exact) mass is 298 g/mol. The summed E-state index contributed by atoms with van der Waals surface area (Å²) in [6.07, 6.45) is 0.0592. The highest BCUT2D eigenvalue weighted by molar-refractivity contribution is 6.23. The van der Waals surface area contributed by atoms with Gasteiger partial charge in [-0.15, -0.1) is 0 Å². The molecule has 1 atom stereocenters. The lowest BCUT2D eigenvalue weighted by molar-refractivity contribution is -0.121. The topological polar surface area (TPSA) is 49.4 Å². The quantitative estimate of drug-likeness (QED) is 0.886. The number of para-hydroxylation sites is 1. The van der Waals surface area contributed by atoms with Gasteiger partial charge in [0.2, 0.25) is 5.91 Å². The Kier molecular flexibility index (Phi) is 3.63. The van der Waals surface area contributed by atoms with Crippen molar-refractivity contribution in [3.05, 3.63) is 59.9 Å². The van der Waals surface area contributed by atoms with Crippen LogP contribution in [0.25, 0.3) is 0 Å². The van der Waals surface area contributed by atoms with Crippen molar-refractivity contribution in [1.82, 2.24) is 0 Å². The van der Waals surface area contributed by atoms with Crippen molar-refractivity contribution in [1.29, 1.82) is 0 Å². The number of carbonyl (C=O) groups excluding carboxylic acids is 2. The second-order valence-corrected chi connectivity index (χ2v) is 5.26. The van der Waals surface area contributed by atoms with E-state index in [9.17, 15) is 14.0 Å². The Morgan fingerprint density at radius 1 is 1.14 bits per heavy atom. The zero-order valence-electron chi connectivity index (χ0n) is 12.0. The van der Waals surface area contributed by atoms with Crippen LogP contribution in [-0.4, -0.2) is 17.9 Å². The van der Waals surface area contributed by atoms with E-state index in [1.807, 2.05) is 31.2 Å². The molecule has 1 aliphatic heterocycles. The number of carbonyl (C=O) groups is 2. The Balaban J connectivity index is 1.84. The lowest BCUT2D eigenvalue weighted by atomic mass is 10.1. The molecule has 0 aliphatic carbocycles. The SMILES string of the molecule is Cc1ccccc1NC1CC(=O)N(c2cccc(F)c2)C1=O. The number of hydrogen-bond donors (Lipinski definition) is 1. The van der Waals surface area contributed by atoms with E-state index in [4.69, 9.17) is 0 Å². The molecule has 1 aliphatic rings. The summed E-state index contributed by atoms with van der Waals surface area (Å²) in [4.78, 5) is 25.6. The molecular formula is C17H15FN2O2. The molecule has 0 spiro atoms. The zero-order valence-corrected chi connectivity index (χ0v) is 12.0. The van der Waals surface area contributed by atoms with E-state index in [0.29, 0.717) is 0 Å². The van der Waals surface area contributed by atoms with Gasteiger partial charge in [0.25, 0.3) is 5.91 Å². The maximum absolute atomic E-state index is 13.3. The molecule has 3 rings (SSSR count). The summed E-state index contributed by atoms with van der Waals surface area (Å²) in [6.45, 7) is 1.92. The Labute approximate surface area is 127 Å². The lowest BCUT2D eigenvalue weighted by Crippen LogP contribution is -2.35. The number of aryl methyl sites for hydroxylation is 1. The predicted molar refractivity (Wildman–Crippen MR) is 82.1 cm³/mol.